The minimum absolute atomic E-state index is 0.154. The smallest absolute Gasteiger partial charge is 0.265 e. The molecule has 2 amide bonds. The van der Waals surface area contributed by atoms with Gasteiger partial charge in [-0.2, -0.15) is 0 Å². The van der Waals surface area contributed by atoms with Crippen LogP contribution in [0.4, 0.5) is 0 Å². The third kappa shape index (κ3) is 2.07. The van der Waals surface area contributed by atoms with Crippen LogP contribution in [0.3, 0.4) is 0 Å². The van der Waals surface area contributed by atoms with Crippen molar-refractivity contribution in [2.24, 2.45) is 5.92 Å². The van der Waals surface area contributed by atoms with Crippen molar-refractivity contribution in [2.45, 2.75) is 13.8 Å². The molecule has 0 aliphatic carbocycles. The van der Waals surface area contributed by atoms with E-state index in [0.29, 0.717) is 0 Å². The Morgan fingerprint density at radius 1 is 1.13 bits per heavy atom. The monoisotopic (exact) mass is 226 g/mol. The number of thiocarbonyl (C=S) groups is 1. The van der Waals surface area contributed by atoms with E-state index in [2.05, 4.69) is 0 Å². The van der Waals surface area contributed by atoms with E-state index in [-0.39, 0.29) is 28.4 Å². The molecule has 4 nitrogen and oxygen atoms in total. The van der Waals surface area contributed by atoms with Gasteiger partial charge in [0.1, 0.15) is 5.57 Å². The van der Waals surface area contributed by atoms with Crippen molar-refractivity contribution in [1.29, 1.82) is 0 Å². The molecular formula is C10H14N2O2S. The number of allylic oxidation sites excluding steroid dienone is 1. The summed E-state index contributed by atoms with van der Waals surface area (Å²) in [5.41, 5.74) is 0.198. The fourth-order valence-electron chi connectivity index (χ4n) is 1.33. The van der Waals surface area contributed by atoms with Crippen LogP contribution in [0.5, 0.6) is 0 Å². The zero-order valence-corrected chi connectivity index (χ0v) is 10.1. The summed E-state index contributed by atoms with van der Waals surface area (Å²) >= 11 is 4.95. The Bertz CT molecular complexity index is 334. The maximum atomic E-state index is 11.7. The Labute approximate surface area is 94.5 Å². The fraction of sp³-hybridized carbons (Fsp3) is 0.500. The lowest BCUT2D eigenvalue weighted by Crippen LogP contribution is -2.52. The van der Waals surface area contributed by atoms with E-state index in [9.17, 15) is 9.59 Å². The van der Waals surface area contributed by atoms with Gasteiger partial charge in [0, 0.05) is 14.1 Å². The second kappa shape index (κ2) is 4.10. The summed E-state index contributed by atoms with van der Waals surface area (Å²) in [5, 5.41) is 0.242. The fourth-order valence-corrected chi connectivity index (χ4v) is 1.49. The van der Waals surface area contributed by atoms with Crippen molar-refractivity contribution in [3.63, 3.8) is 0 Å². The van der Waals surface area contributed by atoms with Gasteiger partial charge in [-0.1, -0.05) is 19.9 Å². The highest BCUT2D eigenvalue weighted by atomic mass is 32.1. The summed E-state index contributed by atoms with van der Waals surface area (Å²) in [6.07, 6.45) is 1.67. The highest BCUT2D eigenvalue weighted by Gasteiger charge is 2.35. The van der Waals surface area contributed by atoms with Crippen LogP contribution in [-0.4, -0.2) is 40.8 Å². The first-order valence-electron chi connectivity index (χ1n) is 4.68. The summed E-state index contributed by atoms with van der Waals surface area (Å²) < 4.78 is 0. The average Bonchev–Trinajstić information content (AvgIpc) is 2.18. The molecular weight excluding hydrogens is 212 g/mol. The number of hydrogen-bond donors (Lipinski definition) is 0. The molecule has 1 saturated heterocycles. The zero-order chi connectivity index (χ0) is 11.7. The molecule has 1 heterocycles. The van der Waals surface area contributed by atoms with Crippen molar-refractivity contribution in [3.05, 3.63) is 11.6 Å². The van der Waals surface area contributed by atoms with Crippen molar-refractivity contribution in [2.75, 3.05) is 14.1 Å². The minimum Gasteiger partial charge on any atom is -0.288 e. The van der Waals surface area contributed by atoms with E-state index in [0.717, 1.165) is 0 Å². The number of amides is 2. The molecule has 1 rings (SSSR count). The molecule has 0 aromatic heterocycles. The largest absolute Gasteiger partial charge is 0.288 e. The normalized spacial score (nSPS) is 17.9. The Balaban J connectivity index is 3.14. The standard InChI is InChI=1S/C10H14N2O2S/c1-6(2)5-7-8(13)11(3)10(15)12(4)9(7)14/h5-6H,1-4H3. The van der Waals surface area contributed by atoms with E-state index >= 15 is 0 Å². The third-order valence-corrected chi connectivity index (χ3v) is 2.69. The lowest BCUT2D eigenvalue weighted by Gasteiger charge is -2.32. The van der Waals surface area contributed by atoms with Gasteiger partial charge in [0.15, 0.2) is 5.11 Å². The van der Waals surface area contributed by atoms with E-state index in [4.69, 9.17) is 12.2 Å². The van der Waals surface area contributed by atoms with Gasteiger partial charge in [0.05, 0.1) is 0 Å². The highest BCUT2D eigenvalue weighted by Crippen LogP contribution is 2.16. The van der Waals surface area contributed by atoms with Crippen LogP contribution in [-0.2, 0) is 9.59 Å². The van der Waals surface area contributed by atoms with E-state index in [1.807, 2.05) is 13.8 Å². The number of carbonyl (C=O) groups is 2. The molecule has 0 aromatic rings. The quantitative estimate of drug-likeness (QED) is 0.377. The highest BCUT2D eigenvalue weighted by molar-refractivity contribution is 7.80. The predicted molar refractivity (Wildman–Crippen MR) is 61.1 cm³/mol. The van der Waals surface area contributed by atoms with Crippen molar-refractivity contribution in [1.82, 2.24) is 9.80 Å². The van der Waals surface area contributed by atoms with Gasteiger partial charge in [-0.15, -0.1) is 0 Å². The molecule has 15 heavy (non-hydrogen) atoms. The van der Waals surface area contributed by atoms with Crippen LogP contribution in [0.25, 0.3) is 0 Å². The third-order valence-electron chi connectivity index (χ3n) is 2.14. The second-order valence-electron chi connectivity index (χ2n) is 3.84. The van der Waals surface area contributed by atoms with Gasteiger partial charge in [-0.05, 0) is 18.1 Å². The second-order valence-corrected chi connectivity index (χ2v) is 4.20. The first-order chi connectivity index (χ1) is 6.86. The minimum atomic E-state index is -0.322. The summed E-state index contributed by atoms with van der Waals surface area (Å²) in [7, 11) is 3.14. The van der Waals surface area contributed by atoms with E-state index < -0.39 is 0 Å². The number of likely N-dealkylation sites (N-methyl/N-ethyl adjacent to an activating group) is 2. The lowest BCUT2D eigenvalue weighted by molar-refractivity contribution is -0.132. The molecule has 0 aromatic carbocycles. The van der Waals surface area contributed by atoms with Crippen LogP contribution in [0, 0.1) is 5.92 Å². The zero-order valence-electron chi connectivity index (χ0n) is 9.27. The van der Waals surface area contributed by atoms with Crippen molar-refractivity contribution >= 4 is 29.1 Å². The number of nitrogens with zero attached hydrogens (tertiary/aromatic N) is 2. The Morgan fingerprint density at radius 3 is 1.87 bits per heavy atom. The SMILES string of the molecule is CC(C)C=C1C(=O)N(C)C(=S)N(C)C1=O. The predicted octanol–water partition coefficient (Wildman–Crippen LogP) is 0.784. The molecule has 0 unspecified atom stereocenters. The Hall–Kier alpha value is -1.23. The number of carbonyl (C=O) groups excluding carboxylic acids is 2. The summed E-state index contributed by atoms with van der Waals surface area (Å²) in [5.74, 6) is -0.491. The van der Waals surface area contributed by atoms with E-state index in [1.165, 1.54) is 9.80 Å². The summed E-state index contributed by atoms with van der Waals surface area (Å²) in [4.78, 5) is 26.1. The molecule has 1 fully saturated rings. The van der Waals surface area contributed by atoms with Gasteiger partial charge < -0.3 is 0 Å². The van der Waals surface area contributed by atoms with Gasteiger partial charge in [0.25, 0.3) is 11.8 Å². The van der Waals surface area contributed by atoms with Crippen LogP contribution < -0.4 is 0 Å². The van der Waals surface area contributed by atoms with Crippen molar-refractivity contribution in [3.8, 4) is 0 Å². The summed E-state index contributed by atoms with van der Waals surface area (Å²) in [6, 6.07) is 0. The van der Waals surface area contributed by atoms with Gasteiger partial charge in [0.2, 0.25) is 0 Å². The topological polar surface area (TPSA) is 40.6 Å². The Morgan fingerprint density at radius 2 is 1.53 bits per heavy atom. The summed E-state index contributed by atoms with van der Waals surface area (Å²) in [6.45, 7) is 3.83. The molecule has 1 aliphatic rings. The molecule has 0 saturated carbocycles. The van der Waals surface area contributed by atoms with E-state index in [1.54, 1.807) is 20.2 Å². The van der Waals surface area contributed by atoms with Crippen molar-refractivity contribution < 1.29 is 9.59 Å². The molecule has 82 valence electrons. The average molecular weight is 226 g/mol. The van der Waals surface area contributed by atoms with Gasteiger partial charge in [-0.25, -0.2) is 0 Å². The van der Waals surface area contributed by atoms with Gasteiger partial charge >= 0.3 is 0 Å². The van der Waals surface area contributed by atoms with Crippen LogP contribution in [0.2, 0.25) is 0 Å². The molecule has 0 atom stereocenters. The molecule has 0 bridgehead atoms. The molecule has 1 aliphatic heterocycles. The molecule has 0 radical (unpaired) electrons. The number of rotatable bonds is 1. The van der Waals surface area contributed by atoms with Crippen LogP contribution in [0.15, 0.2) is 11.6 Å². The maximum Gasteiger partial charge on any atom is 0.265 e. The number of hydrogen-bond acceptors (Lipinski definition) is 3. The van der Waals surface area contributed by atoms with Crippen LogP contribution in [0.1, 0.15) is 13.8 Å². The Kier molecular flexibility index (Phi) is 3.24. The maximum absolute atomic E-state index is 11.7. The molecule has 0 spiro atoms. The first kappa shape index (κ1) is 11.8. The molecule has 5 heteroatoms. The lowest BCUT2D eigenvalue weighted by atomic mass is 10.1. The van der Waals surface area contributed by atoms with Gasteiger partial charge in [-0.3, -0.25) is 19.4 Å². The molecule has 0 N–H and O–H groups in total. The first-order valence-corrected chi connectivity index (χ1v) is 5.09. The van der Waals surface area contributed by atoms with Crippen LogP contribution >= 0.6 is 12.2 Å².